The predicted octanol–water partition coefficient (Wildman–Crippen LogP) is 1.29. The Morgan fingerprint density at radius 2 is 1.50 bits per heavy atom. The minimum atomic E-state index is -0.240. The van der Waals surface area contributed by atoms with Crippen molar-refractivity contribution in [1.82, 2.24) is 16.0 Å². The van der Waals surface area contributed by atoms with Crippen LogP contribution < -0.4 is 16.0 Å². The Morgan fingerprint density at radius 1 is 0.950 bits per heavy atom. The second-order valence-electron chi connectivity index (χ2n) is 6.29. The zero-order valence-corrected chi connectivity index (χ0v) is 13.7. The fourth-order valence-electron chi connectivity index (χ4n) is 2.21. The Bertz CT molecular complexity index is 303. The first kappa shape index (κ1) is 18.9. The fourth-order valence-corrected chi connectivity index (χ4v) is 2.21. The van der Waals surface area contributed by atoms with Crippen LogP contribution in [0.5, 0.6) is 0 Å². The van der Waals surface area contributed by atoms with Gasteiger partial charge in [0.05, 0.1) is 12.6 Å². The Kier molecular flexibility index (Phi) is 9.21. The van der Waals surface area contributed by atoms with E-state index in [0.29, 0.717) is 11.8 Å². The molecule has 0 aliphatic heterocycles. The van der Waals surface area contributed by atoms with Gasteiger partial charge in [0, 0.05) is 6.04 Å². The van der Waals surface area contributed by atoms with Gasteiger partial charge in [-0.1, -0.05) is 27.7 Å². The first-order valence-corrected chi connectivity index (χ1v) is 7.50. The molecule has 5 heteroatoms. The van der Waals surface area contributed by atoms with E-state index in [2.05, 4.69) is 43.6 Å². The number of nitrogens with one attached hydrogen (secondary N) is 3. The maximum atomic E-state index is 11.9. The smallest absolute Gasteiger partial charge is 0.239 e. The van der Waals surface area contributed by atoms with E-state index in [1.807, 2.05) is 6.92 Å². The lowest BCUT2D eigenvalue weighted by atomic mass is 10.0. The minimum absolute atomic E-state index is 0.0392. The van der Waals surface area contributed by atoms with Crippen molar-refractivity contribution in [3.05, 3.63) is 0 Å². The maximum absolute atomic E-state index is 11.9. The Balaban J connectivity index is 4.07. The van der Waals surface area contributed by atoms with E-state index in [1.165, 1.54) is 0 Å². The predicted molar refractivity (Wildman–Crippen MR) is 82.4 cm³/mol. The third kappa shape index (κ3) is 8.91. The van der Waals surface area contributed by atoms with Gasteiger partial charge in [0.1, 0.15) is 0 Å². The lowest BCUT2D eigenvalue weighted by Crippen LogP contribution is -2.47. The molecule has 0 radical (unpaired) electrons. The summed E-state index contributed by atoms with van der Waals surface area (Å²) in [5, 5.41) is 8.55. The largest absolute Gasteiger partial charge is 0.352 e. The van der Waals surface area contributed by atoms with Crippen molar-refractivity contribution in [2.45, 2.75) is 59.5 Å². The highest BCUT2D eigenvalue weighted by atomic mass is 16.2. The van der Waals surface area contributed by atoms with Gasteiger partial charge in [0.25, 0.3) is 0 Å². The molecule has 0 aromatic carbocycles. The topological polar surface area (TPSA) is 70.2 Å². The standard InChI is InChI=1S/C15H31N3O2/c1-10(2)7-12(5)18-14(19)9-17-15(20)13(16-6)8-11(3)4/h10-13,16H,7-9H2,1-6H3,(H,17,20)(H,18,19). The number of carbonyl (C=O) groups excluding carboxylic acids is 2. The first-order chi connectivity index (χ1) is 9.26. The molecule has 0 aliphatic rings. The van der Waals surface area contributed by atoms with Gasteiger partial charge in [0.2, 0.25) is 11.8 Å². The summed E-state index contributed by atoms with van der Waals surface area (Å²) in [5.41, 5.74) is 0. The van der Waals surface area contributed by atoms with E-state index in [0.717, 1.165) is 12.8 Å². The fraction of sp³-hybridized carbons (Fsp3) is 0.867. The van der Waals surface area contributed by atoms with E-state index in [-0.39, 0.29) is 30.4 Å². The summed E-state index contributed by atoms with van der Waals surface area (Å²) in [5.74, 6) is 0.719. The van der Waals surface area contributed by atoms with Crippen LogP contribution in [-0.2, 0) is 9.59 Å². The SMILES string of the molecule is CNC(CC(C)C)C(=O)NCC(=O)NC(C)CC(C)C. The van der Waals surface area contributed by atoms with Crippen LogP contribution in [0.25, 0.3) is 0 Å². The number of likely N-dealkylation sites (N-methyl/N-ethyl adjacent to an activating group) is 1. The molecule has 0 saturated heterocycles. The van der Waals surface area contributed by atoms with Gasteiger partial charge in [-0.05, 0) is 38.6 Å². The van der Waals surface area contributed by atoms with Gasteiger partial charge >= 0.3 is 0 Å². The molecule has 0 saturated carbocycles. The van der Waals surface area contributed by atoms with Gasteiger partial charge < -0.3 is 16.0 Å². The molecule has 0 aliphatic carbocycles. The average Bonchev–Trinajstić information content (AvgIpc) is 2.31. The summed E-state index contributed by atoms with van der Waals surface area (Å²) in [7, 11) is 1.76. The average molecular weight is 285 g/mol. The van der Waals surface area contributed by atoms with Crippen LogP contribution in [0.3, 0.4) is 0 Å². The lowest BCUT2D eigenvalue weighted by Gasteiger charge is -2.19. The molecule has 2 atom stereocenters. The van der Waals surface area contributed by atoms with Crippen LogP contribution in [0.2, 0.25) is 0 Å². The lowest BCUT2D eigenvalue weighted by molar-refractivity contribution is -0.127. The summed E-state index contributed by atoms with van der Waals surface area (Å²) in [6.07, 6.45) is 1.69. The molecule has 0 bridgehead atoms. The molecule has 0 rings (SSSR count). The molecule has 20 heavy (non-hydrogen) atoms. The van der Waals surface area contributed by atoms with Crippen molar-refractivity contribution in [3.8, 4) is 0 Å². The van der Waals surface area contributed by atoms with Crippen molar-refractivity contribution in [2.24, 2.45) is 11.8 Å². The Morgan fingerprint density at radius 3 is 1.95 bits per heavy atom. The Labute approximate surface area is 123 Å². The summed E-state index contributed by atoms with van der Waals surface area (Å²) in [4.78, 5) is 23.7. The normalized spacial score (nSPS) is 14.2. The van der Waals surface area contributed by atoms with Gasteiger partial charge in [-0.2, -0.15) is 0 Å². The third-order valence-corrected chi connectivity index (χ3v) is 3.03. The molecular weight excluding hydrogens is 254 g/mol. The molecule has 5 nitrogen and oxygen atoms in total. The third-order valence-electron chi connectivity index (χ3n) is 3.03. The first-order valence-electron chi connectivity index (χ1n) is 7.50. The molecule has 2 unspecified atom stereocenters. The van der Waals surface area contributed by atoms with E-state index in [1.54, 1.807) is 7.05 Å². The highest BCUT2D eigenvalue weighted by molar-refractivity contribution is 5.87. The molecule has 0 fully saturated rings. The van der Waals surface area contributed by atoms with Gasteiger partial charge in [0.15, 0.2) is 0 Å². The van der Waals surface area contributed by atoms with Crippen molar-refractivity contribution < 1.29 is 9.59 Å². The van der Waals surface area contributed by atoms with Gasteiger partial charge in [-0.15, -0.1) is 0 Å². The molecule has 3 N–H and O–H groups in total. The van der Waals surface area contributed by atoms with E-state index >= 15 is 0 Å². The van der Waals surface area contributed by atoms with E-state index in [4.69, 9.17) is 0 Å². The molecule has 2 amide bonds. The quantitative estimate of drug-likeness (QED) is 0.598. The van der Waals surface area contributed by atoms with Crippen molar-refractivity contribution in [3.63, 3.8) is 0 Å². The van der Waals surface area contributed by atoms with Crippen molar-refractivity contribution in [2.75, 3.05) is 13.6 Å². The van der Waals surface area contributed by atoms with Crippen LogP contribution in [0.1, 0.15) is 47.5 Å². The molecular formula is C15H31N3O2. The van der Waals surface area contributed by atoms with Crippen LogP contribution in [0.4, 0.5) is 0 Å². The van der Waals surface area contributed by atoms with Crippen LogP contribution >= 0.6 is 0 Å². The van der Waals surface area contributed by atoms with Crippen molar-refractivity contribution in [1.29, 1.82) is 0 Å². The number of rotatable bonds is 9. The number of hydrogen-bond donors (Lipinski definition) is 3. The summed E-state index contributed by atoms with van der Waals surface area (Å²) in [6, 6.07) is -0.106. The summed E-state index contributed by atoms with van der Waals surface area (Å²) in [6.45, 7) is 10.4. The maximum Gasteiger partial charge on any atom is 0.239 e. The van der Waals surface area contributed by atoms with Gasteiger partial charge in [-0.25, -0.2) is 0 Å². The van der Waals surface area contributed by atoms with Gasteiger partial charge in [-0.3, -0.25) is 9.59 Å². The number of hydrogen-bond acceptors (Lipinski definition) is 3. The van der Waals surface area contributed by atoms with E-state index < -0.39 is 0 Å². The number of carbonyl (C=O) groups is 2. The zero-order valence-electron chi connectivity index (χ0n) is 13.7. The van der Waals surface area contributed by atoms with E-state index in [9.17, 15) is 9.59 Å². The monoisotopic (exact) mass is 285 g/mol. The molecule has 118 valence electrons. The van der Waals surface area contributed by atoms with Crippen LogP contribution in [0, 0.1) is 11.8 Å². The molecule has 0 heterocycles. The summed E-state index contributed by atoms with van der Waals surface area (Å²) < 4.78 is 0. The van der Waals surface area contributed by atoms with Crippen molar-refractivity contribution >= 4 is 11.8 Å². The Hall–Kier alpha value is -1.10. The molecule has 0 spiro atoms. The summed E-state index contributed by atoms with van der Waals surface area (Å²) >= 11 is 0. The van der Waals surface area contributed by atoms with Crippen LogP contribution in [-0.4, -0.2) is 37.5 Å². The molecule has 0 aromatic rings. The second-order valence-corrected chi connectivity index (χ2v) is 6.29. The van der Waals surface area contributed by atoms with Crippen LogP contribution in [0.15, 0.2) is 0 Å². The minimum Gasteiger partial charge on any atom is -0.352 e. The molecule has 0 aromatic heterocycles. The number of amides is 2. The second kappa shape index (κ2) is 9.75. The highest BCUT2D eigenvalue weighted by Gasteiger charge is 2.18. The highest BCUT2D eigenvalue weighted by Crippen LogP contribution is 2.04. The zero-order chi connectivity index (χ0) is 15.7.